The van der Waals surface area contributed by atoms with Crippen LogP contribution >= 0.6 is 11.6 Å². The van der Waals surface area contributed by atoms with Gasteiger partial charge >= 0.3 is 0 Å². The van der Waals surface area contributed by atoms with Crippen LogP contribution in [-0.4, -0.2) is 33.0 Å². The Balaban J connectivity index is 1.63. The van der Waals surface area contributed by atoms with E-state index in [2.05, 4.69) is 5.10 Å². The van der Waals surface area contributed by atoms with Gasteiger partial charge in [0.15, 0.2) is 0 Å². The van der Waals surface area contributed by atoms with Gasteiger partial charge in [-0.05, 0) is 29.8 Å². The van der Waals surface area contributed by atoms with E-state index in [9.17, 15) is 14.0 Å². The topological polar surface area (TPSA) is 81.2 Å². The molecule has 1 aliphatic heterocycles. The van der Waals surface area contributed by atoms with Crippen LogP contribution in [0.15, 0.2) is 48.5 Å². The molecule has 0 unspecified atom stereocenters. The second-order valence-electron chi connectivity index (χ2n) is 6.89. The Hall–Kier alpha value is -3.19. The van der Waals surface area contributed by atoms with Crippen LogP contribution in [0.4, 0.5) is 4.39 Å². The molecule has 0 saturated carbocycles. The van der Waals surface area contributed by atoms with Crippen LogP contribution in [0.2, 0.25) is 5.02 Å². The summed E-state index contributed by atoms with van der Waals surface area (Å²) >= 11 is 6.08. The quantitative estimate of drug-likeness (QED) is 0.715. The maximum absolute atomic E-state index is 13.4. The third-order valence-electron chi connectivity index (χ3n) is 4.92. The molecule has 6 nitrogen and oxygen atoms in total. The van der Waals surface area contributed by atoms with Crippen LogP contribution in [0, 0.1) is 5.82 Å². The van der Waals surface area contributed by atoms with Crippen molar-refractivity contribution < 1.29 is 14.0 Å². The number of carbonyl (C=O) groups is 2. The number of nitrogens with zero attached hydrogens (tertiary/aromatic N) is 3. The second kappa shape index (κ2) is 7.67. The molecule has 4 rings (SSSR count). The zero-order chi connectivity index (χ0) is 20.5. The molecule has 0 atom stereocenters. The average molecular weight is 413 g/mol. The number of fused-ring (bicyclic) bond motifs is 1. The monoisotopic (exact) mass is 412 g/mol. The second-order valence-corrected chi connectivity index (χ2v) is 7.33. The summed E-state index contributed by atoms with van der Waals surface area (Å²) in [6.45, 7) is 1.08. The molecule has 8 heteroatoms. The molecule has 2 N–H and O–H groups in total. The molecule has 0 radical (unpaired) electrons. The molecule has 148 valence electrons. The van der Waals surface area contributed by atoms with Gasteiger partial charge in [-0.25, -0.2) is 4.39 Å². The number of halogens is 2. The van der Waals surface area contributed by atoms with Gasteiger partial charge in [-0.3, -0.25) is 14.3 Å². The Morgan fingerprint density at radius 3 is 2.66 bits per heavy atom. The van der Waals surface area contributed by atoms with Crippen molar-refractivity contribution in [1.29, 1.82) is 0 Å². The first-order valence-corrected chi connectivity index (χ1v) is 9.48. The lowest BCUT2D eigenvalue weighted by molar-refractivity contribution is -0.132. The van der Waals surface area contributed by atoms with Gasteiger partial charge in [-0.1, -0.05) is 35.9 Å². The molecule has 2 aromatic carbocycles. The van der Waals surface area contributed by atoms with Crippen molar-refractivity contribution in [3.8, 4) is 11.3 Å². The highest BCUT2D eigenvalue weighted by Crippen LogP contribution is 2.29. The van der Waals surface area contributed by atoms with Crippen LogP contribution in [0.1, 0.15) is 21.6 Å². The van der Waals surface area contributed by atoms with E-state index >= 15 is 0 Å². The van der Waals surface area contributed by atoms with E-state index < -0.39 is 5.91 Å². The molecule has 0 saturated heterocycles. The van der Waals surface area contributed by atoms with Gasteiger partial charge in [0.05, 0.1) is 30.8 Å². The number of rotatable bonds is 4. The number of hydrogen-bond donors (Lipinski definition) is 1. The van der Waals surface area contributed by atoms with Gasteiger partial charge in [0.2, 0.25) is 5.91 Å². The minimum absolute atomic E-state index is 0.0823. The fourth-order valence-corrected chi connectivity index (χ4v) is 3.75. The molecule has 0 bridgehead atoms. The van der Waals surface area contributed by atoms with Gasteiger partial charge in [-0.2, -0.15) is 5.10 Å². The maximum atomic E-state index is 13.4. The fourth-order valence-electron chi connectivity index (χ4n) is 3.56. The van der Waals surface area contributed by atoms with Crippen LogP contribution in [0.3, 0.4) is 0 Å². The van der Waals surface area contributed by atoms with Gasteiger partial charge in [0.1, 0.15) is 11.5 Å². The lowest BCUT2D eigenvalue weighted by atomic mass is 10.0. The summed E-state index contributed by atoms with van der Waals surface area (Å²) in [4.78, 5) is 26.6. The molecule has 1 aromatic heterocycles. The van der Waals surface area contributed by atoms with Crippen molar-refractivity contribution in [2.45, 2.75) is 19.5 Å². The van der Waals surface area contributed by atoms with Crippen molar-refractivity contribution in [3.63, 3.8) is 0 Å². The average Bonchev–Trinajstić information content (AvgIpc) is 3.07. The van der Waals surface area contributed by atoms with Gasteiger partial charge < -0.3 is 10.6 Å². The third kappa shape index (κ3) is 3.86. The Morgan fingerprint density at radius 2 is 1.93 bits per heavy atom. The van der Waals surface area contributed by atoms with Gasteiger partial charge in [0.25, 0.3) is 5.91 Å². The Labute approximate surface area is 171 Å². The molecule has 1 aliphatic rings. The first kappa shape index (κ1) is 19.1. The summed E-state index contributed by atoms with van der Waals surface area (Å²) in [7, 11) is 0. The minimum Gasteiger partial charge on any atom is -0.365 e. The number of hydrogen-bond acceptors (Lipinski definition) is 3. The van der Waals surface area contributed by atoms with E-state index in [0.29, 0.717) is 40.6 Å². The summed E-state index contributed by atoms with van der Waals surface area (Å²) < 4.78 is 15.1. The molecule has 0 fully saturated rings. The van der Waals surface area contributed by atoms with E-state index in [0.717, 1.165) is 0 Å². The Morgan fingerprint density at radius 1 is 1.14 bits per heavy atom. The number of benzene rings is 2. The lowest BCUT2D eigenvalue weighted by Crippen LogP contribution is -2.40. The number of amides is 2. The number of nitrogens with two attached hydrogens (primary N) is 1. The molecule has 0 spiro atoms. The largest absolute Gasteiger partial charge is 0.365 e. The zero-order valence-corrected chi connectivity index (χ0v) is 16.2. The van der Waals surface area contributed by atoms with E-state index in [1.54, 1.807) is 46.0 Å². The van der Waals surface area contributed by atoms with Crippen LogP contribution < -0.4 is 5.73 Å². The summed E-state index contributed by atoms with van der Waals surface area (Å²) in [6, 6.07) is 13.0. The molecule has 3 aromatic rings. The Bertz CT molecular complexity index is 1110. The SMILES string of the molecule is NC(=O)c1c(-c2cccc(Cl)c2)nn2c1CN(C(=O)Cc1cccc(F)c1)CC2. The van der Waals surface area contributed by atoms with Gasteiger partial charge in [-0.15, -0.1) is 0 Å². The van der Waals surface area contributed by atoms with Crippen molar-refractivity contribution in [1.82, 2.24) is 14.7 Å². The predicted octanol–water partition coefficient (Wildman–Crippen LogP) is 3.03. The van der Waals surface area contributed by atoms with Crippen molar-refractivity contribution in [2.24, 2.45) is 5.73 Å². The van der Waals surface area contributed by atoms with Crippen LogP contribution in [0.25, 0.3) is 11.3 Å². The van der Waals surface area contributed by atoms with Crippen molar-refractivity contribution >= 4 is 23.4 Å². The molecule has 2 amide bonds. The summed E-state index contributed by atoms with van der Waals surface area (Å²) in [5.41, 5.74) is 8.27. The number of primary amides is 1. The smallest absolute Gasteiger partial charge is 0.252 e. The molecular formula is C21H18ClFN4O2. The molecular weight excluding hydrogens is 395 g/mol. The highest BCUT2D eigenvalue weighted by atomic mass is 35.5. The van der Waals surface area contributed by atoms with E-state index in [-0.39, 0.29) is 30.3 Å². The summed E-state index contributed by atoms with van der Waals surface area (Å²) in [5.74, 6) is -1.14. The fraction of sp³-hybridized carbons (Fsp3) is 0.190. The standard InChI is InChI=1S/C21H18ClFN4O2/c22-15-5-2-4-14(11-15)20-19(21(24)29)17-12-26(7-8-27(17)25-20)18(28)10-13-3-1-6-16(23)9-13/h1-6,9,11H,7-8,10,12H2,(H2,24,29). The molecule has 2 heterocycles. The highest BCUT2D eigenvalue weighted by Gasteiger charge is 2.29. The summed E-state index contributed by atoms with van der Waals surface area (Å²) in [6.07, 6.45) is 0.0823. The van der Waals surface area contributed by atoms with E-state index in [4.69, 9.17) is 17.3 Å². The predicted molar refractivity (Wildman–Crippen MR) is 107 cm³/mol. The van der Waals surface area contributed by atoms with E-state index in [1.807, 2.05) is 0 Å². The molecule has 29 heavy (non-hydrogen) atoms. The third-order valence-corrected chi connectivity index (χ3v) is 5.16. The van der Waals surface area contributed by atoms with Crippen molar-refractivity contribution in [3.05, 3.63) is 76.2 Å². The van der Waals surface area contributed by atoms with Crippen LogP contribution in [0.5, 0.6) is 0 Å². The highest BCUT2D eigenvalue weighted by molar-refractivity contribution is 6.30. The van der Waals surface area contributed by atoms with Gasteiger partial charge in [0, 0.05) is 17.1 Å². The van der Waals surface area contributed by atoms with Crippen molar-refractivity contribution in [2.75, 3.05) is 6.54 Å². The number of aromatic nitrogens is 2. The summed E-state index contributed by atoms with van der Waals surface area (Å²) in [5, 5.41) is 5.07. The maximum Gasteiger partial charge on any atom is 0.252 e. The first-order valence-electron chi connectivity index (χ1n) is 9.10. The molecule has 0 aliphatic carbocycles. The van der Waals surface area contributed by atoms with Crippen LogP contribution in [-0.2, 0) is 24.3 Å². The minimum atomic E-state index is -0.611. The number of carbonyl (C=O) groups excluding carboxylic acids is 2. The zero-order valence-electron chi connectivity index (χ0n) is 15.4. The normalized spacial score (nSPS) is 13.2. The Kier molecular flexibility index (Phi) is 5.07. The first-order chi connectivity index (χ1) is 13.9. The van der Waals surface area contributed by atoms with E-state index in [1.165, 1.54) is 12.1 Å². The lowest BCUT2D eigenvalue weighted by Gasteiger charge is -2.28.